The van der Waals surface area contributed by atoms with E-state index in [1.165, 1.54) is 0 Å². The molecule has 3 aromatic rings. The summed E-state index contributed by atoms with van der Waals surface area (Å²) in [6, 6.07) is 18.1. The summed E-state index contributed by atoms with van der Waals surface area (Å²) < 4.78 is 8.68. The fraction of sp³-hybridized carbons (Fsp3) is 0.182. The van der Waals surface area contributed by atoms with E-state index in [9.17, 15) is 5.26 Å². The average molecular weight is 450 g/mol. The largest absolute Gasteiger partial charge is 0.453 e. The number of benzene rings is 2. The highest BCUT2D eigenvalue weighted by Crippen LogP contribution is 2.42. The Balaban J connectivity index is 1.92. The number of fused-ring (bicyclic) bond motifs is 1. The van der Waals surface area contributed by atoms with Gasteiger partial charge in [-0.05, 0) is 48.9 Å². The number of hydrogen-bond donors (Lipinski definition) is 1. The third-order valence-corrected chi connectivity index (χ3v) is 5.45. The van der Waals surface area contributed by atoms with Crippen molar-refractivity contribution >= 4 is 27.2 Å². The van der Waals surface area contributed by atoms with E-state index < -0.39 is 6.23 Å². The molecule has 146 valence electrons. The van der Waals surface area contributed by atoms with Crippen LogP contribution in [-0.4, -0.2) is 30.1 Å². The molecular formula is C22H20BrN5O. The second-order valence-corrected chi connectivity index (χ2v) is 7.95. The Morgan fingerprint density at radius 1 is 1.14 bits per heavy atom. The predicted octanol–water partition coefficient (Wildman–Crippen LogP) is 4.01. The van der Waals surface area contributed by atoms with Crippen LogP contribution in [0.2, 0.25) is 0 Å². The molecule has 2 N–H and O–H groups in total. The number of nitrogens with two attached hydrogens (primary N) is 1. The van der Waals surface area contributed by atoms with Crippen LogP contribution in [0.4, 0.5) is 5.69 Å². The SMILES string of the molecule is Cc1nn(-c2ccc(Br)cc2)c2c1C(c1ccc(N(C)C)cc1)=C(C#N)C(N)O2. The maximum atomic E-state index is 9.80. The first kappa shape index (κ1) is 19.2. The Labute approximate surface area is 177 Å². The van der Waals surface area contributed by atoms with Gasteiger partial charge in [-0.3, -0.25) is 5.73 Å². The van der Waals surface area contributed by atoms with Crippen LogP contribution in [0.3, 0.4) is 0 Å². The lowest BCUT2D eigenvalue weighted by Gasteiger charge is -2.25. The van der Waals surface area contributed by atoms with Gasteiger partial charge in [-0.2, -0.15) is 10.4 Å². The summed E-state index contributed by atoms with van der Waals surface area (Å²) in [6.07, 6.45) is -0.860. The number of aromatic nitrogens is 2. The van der Waals surface area contributed by atoms with Crippen molar-refractivity contribution < 1.29 is 4.74 Å². The van der Waals surface area contributed by atoms with E-state index in [1.54, 1.807) is 4.68 Å². The first-order chi connectivity index (χ1) is 13.9. The molecular weight excluding hydrogens is 430 g/mol. The van der Waals surface area contributed by atoms with Gasteiger partial charge in [0.05, 0.1) is 22.5 Å². The Bertz CT molecular complexity index is 1140. The molecule has 1 unspecified atom stereocenters. The first-order valence-corrected chi connectivity index (χ1v) is 9.90. The second-order valence-electron chi connectivity index (χ2n) is 7.03. The molecule has 6 nitrogen and oxygen atoms in total. The summed E-state index contributed by atoms with van der Waals surface area (Å²) in [5.41, 5.74) is 11.8. The number of halogens is 1. The fourth-order valence-electron chi connectivity index (χ4n) is 3.46. The Morgan fingerprint density at radius 2 is 1.79 bits per heavy atom. The number of ether oxygens (including phenoxy) is 1. The van der Waals surface area contributed by atoms with Gasteiger partial charge < -0.3 is 9.64 Å². The van der Waals surface area contributed by atoms with Crippen LogP contribution in [0.5, 0.6) is 5.88 Å². The van der Waals surface area contributed by atoms with Crippen molar-refractivity contribution in [1.29, 1.82) is 5.26 Å². The number of aryl methyl sites for hydroxylation is 1. The van der Waals surface area contributed by atoms with E-state index in [2.05, 4.69) is 27.1 Å². The number of hydrogen-bond acceptors (Lipinski definition) is 5. The zero-order chi connectivity index (χ0) is 20.7. The van der Waals surface area contributed by atoms with Crippen molar-refractivity contribution in [3.05, 3.63) is 75.4 Å². The second kappa shape index (κ2) is 7.39. The molecule has 0 radical (unpaired) electrons. The standard InChI is InChI=1S/C22H20BrN5O/c1-13-19-20(14-4-8-16(9-5-14)27(2)3)18(12-24)21(25)29-22(19)28(26-13)17-10-6-15(23)7-11-17/h4-11,21H,25H2,1-3H3. The Morgan fingerprint density at radius 3 is 2.38 bits per heavy atom. The predicted molar refractivity (Wildman–Crippen MR) is 117 cm³/mol. The van der Waals surface area contributed by atoms with E-state index >= 15 is 0 Å². The number of nitrogens with zero attached hydrogens (tertiary/aromatic N) is 4. The smallest absolute Gasteiger partial charge is 0.226 e. The van der Waals surface area contributed by atoms with Crippen molar-refractivity contribution in [3.8, 4) is 17.6 Å². The van der Waals surface area contributed by atoms with Crippen molar-refractivity contribution in [3.63, 3.8) is 0 Å². The lowest BCUT2D eigenvalue weighted by atomic mass is 9.91. The van der Waals surface area contributed by atoms with E-state index in [4.69, 9.17) is 10.5 Å². The van der Waals surface area contributed by atoms with Crippen LogP contribution in [0, 0.1) is 18.3 Å². The van der Waals surface area contributed by atoms with Crippen molar-refractivity contribution in [2.75, 3.05) is 19.0 Å². The molecule has 0 spiro atoms. The first-order valence-electron chi connectivity index (χ1n) is 9.11. The minimum Gasteiger partial charge on any atom is -0.453 e. The zero-order valence-corrected chi connectivity index (χ0v) is 17.9. The molecule has 1 aliphatic rings. The van der Waals surface area contributed by atoms with E-state index in [1.807, 2.05) is 74.4 Å². The highest BCUT2D eigenvalue weighted by molar-refractivity contribution is 9.10. The maximum Gasteiger partial charge on any atom is 0.226 e. The molecule has 0 bridgehead atoms. The molecule has 2 heterocycles. The van der Waals surface area contributed by atoms with E-state index in [0.717, 1.165) is 38.2 Å². The van der Waals surface area contributed by atoms with Crippen LogP contribution >= 0.6 is 15.9 Å². The fourth-order valence-corrected chi connectivity index (χ4v) is 3.73. The normalized spacial score (nSPS) is 15.5. The van der Waals surface area contributed by atoms with Gasteiger partial charge in [0.2, 0.25) is 5.88 Å². The molecule has 7 heteroatoms. The zero-order valence-electron chi connectivity index (χ0n) is 16.3. The summed E-state index contributed by atoms with van der Waals surface area (Å²) in [6.45, 7) is 1.91. The monoisotopic (exact) mass is 449 g/mol. The van der Waals surface area contributed by atoms with Crippen LogP contribution < -0.4 is 15.4 Å². The molecule has 0 amide bonds. The summed E-state index contributed by atoms with van der Waals surface area (Å²) in [5, 5.41) is 14.5. The van der Waals surface area contributed by atoms with Crippen LogP contribution in [0.15, 0.2) is 58.6 Å². The van der Waals surface area contributed by atoms with Crippen LogP contribution in [-0.2, 0) is 0 Å². The van der Waals surface area contributed by atoms with Crippen LogP contribution in [0.25, 0.3) is 11.3 Å². The summed E-state index contributed by atoms with van der Waals surface area (Å²) in [4.78, 5) is 2.03. The molecule has 0 saturated heterocycles. The third-order valence-electron chi connectivity index (χ3n) is 4.92. The van der Waals surface area contributed by atoms with Gasteiger partial charge >= 0.3 is 0 Å². The summed E-state index contributed by atoms with van der Waals surface area (Å²) >= 11 is 3.45. The number of rotatable bonds is 3. The van der Waals surface area contributed by atoms with Crippen molar-refractivity contribution in [2.45, 2.75) is 13.2 Å². The maximum absolute atomic E-state index is 9.80. The van der Waals surface area contributed by atoms with Gasteiger partial charge in [-0.1, -0.05) is 28.1 Å². The third kappa shape index (κ3) is 3.31. The lowest BCUT2D eigenvalue weighted by Crippen LogP contribution is -2.33. The van der Waals surface area contributed by atoms with Crippen LogP contribution in [0.1, 0.15) is 16.8 Å². The topological polar surface area (TPSA) is 80.1 Å². The molecule has 29 heavy (non-hydrogen) atoms. The molecule has 2 aromatic carbocycles. The minimum atomic E-state index is -0.860. The molecule has 0 aliphatic carbocycles. The number of nitriles is 1. The molecule has 0 fully saturated rings. The molecule has 1 atom stereocenters. The lowest BCUT2D eigenvalue weighted by molar-refractivity contribution is 0.228. The van der Waals surface area contributed by atoms with Gasteiger partial charge in [-0.25, -0.2) is 4.68 Å². The van der Waals surface area contributed by atoms with E-state index in [0.29, 0.717) is 11.5 Å². The van der Waals surface area contributed by atoms with Gasteiger partial charge in [0.1, 0.15) is 6.07 Å². The molecule has 0 saturated carbocycles. The summed E-state index contributed by atoms with van der Waals surface area (Å²) in [5.74, 6) is 0.544. The highest BCUT2D eigenvalue weighted by Gasteiger charge is 2.33. The summed E-state index contributed by atoms with van der Waals surface area (Å²) in [7, 11) is 3.98. The quantitative estimate of drug-likeness (QED) is 0.652. The van der Waals surface area contributed by atoms with Gasteiger partial charge in [0.15, 0.2) is 6.23 Å². The average Bonchev–Trinajstić information content (AvgIpc) is 3.03. The molecule has 1 aliphatic heterocycles. The minimum absolute atomic E-state index is 0.397. The van der Waals surface area contributed by atoms with Gasteiger partial charge in [0.25, 0.3) is 0 Å². The van der Waals surface area contributed by atoms with Crippen molar-refractivity contribution in [2.24, 2.45) is 5.73 Å². The Hall–Kier alpha value is -3.08. The van der Waals surface area contributed by atoms with E-state index in [-0.39, 0.29) is 0 Å². The van der Waals surface area contributed by atoms with Crippen molar-refractivity contribution in [1.82, 2.24) is 9.78 Å². The highest BCUT2D eigenvalue weighted by atomic mass is 79.9. The Kier molecular flexibility index (Phi) is 4.91. The van der Waals surface area contributed by atoms with Gasteiger partial charge in [-0.15, -0.1) is 0 Å². The van der Waals surface area contributed by atoms with Gasteiger partial charge in [0, 0.05) is 29.8 Å². The number of anilines is 1. The molecule has 4 rings (SSSR count). The molecule has 1 aromatic heterocycles.